The highest BCUT2D eigenvalue weighted by atomic mass is 16.6. The summed E-state index contributed by atoms with van der Waals surface area (Å²) < 4.78 is 12.0. The first-order valence-electron chi connectivity index (χ1n) is 11.1. The molecular weight excluding hydrogens is 406 g/mol. The average Bonchev–Trinajstić information content (AvgIpc) is 3.25. The Labute approximate surface area is 188 Å². The topological polar surface area (TPSA) is 72.9 Å². The maximum Gasteiger partial charge on any atom is 0.338 e. The molecular formula is C26H29NO5. The SMILES string of the molecule is CC1C(=O)CCC1C1C(OC(=O)c2ccccc2)C(OC(=O)c2ccccc2)C(C)N1C. The van der Waals surface area contributed by atoms with Gasteiger partial charge >= 0.3 is 11.9 Å². The van der Waals surface area contributed by atoms with Gasteiger partial charge in [-0.05, 0) is 50.6 Å². The van der Waals surface area contributed by atoms with Crippen molar-refractivity contribution >= 4 is 17.7 Å². The number of carbonyl (C=O) groups excluding carboxylic acids is 3. The Kier molecular flexibility index (Phi) is 6.42. The Morgan fingerprint density at radius 1 is 0.844 bits per heavy atom. The average molecular weight is 436 g/mol. The van der Waals surface area contributed by atoms with Crippen molar-refractivity contribution in [1.29, 1.82) is 0 Å². The Morgan fingerprint density at radius 3 is 1.81 bits per heavy atom. The zero-order valence-electron chi connectivity index (χ0n) is 18.6. The molecule has 2 fully saturated rings. The molecule has 2 aromatic carbocycles. The van der Waals surface area contributed by atoms with Crippen LogP contribution < -0.4 is 0 Å². The highest BCUT2D eigenvalue weighted by molar-refractivity contribution is 5.90. The van der Waals surface area contributed by atoms with Crippen LogP contribution in [0, 0.1) is 11.8 Å². The monoisotopic (exact) mass is 435 g/mol. The van der Waals surface area contributed by atoms with Gasteiger partial charge in [0.25, 0.3) is 0 Å². The smallest absolute Gasteiger partial charge is 0.338 e. The zero-order valence-corrected chi connectivity index (χ0v) is 18.6. The van der Waals surface area contributed by atoms with Crippen molar-refractivity contribution in [2.45, 2.75) is 51.0 Å². The van der Waals surface area contributed by atoms with Crippen LogP contribution in [0.1, 0.15) is 47.4 Å². The summed E-state index contributed by atoms with van der Waals surface area (Å²) in [6.07, 6.45) is -0.0549. The van der Waals surface area contributed by atoms with E-state index in [1.165, 1.54) is 0 Å². The molecule has 2 aliphatic rings. The summed E-state index contributed by atoms with van der Waals surface area (Å²) in [5, 5.41) is 0. The maximum absolute atomic E-state index is 13.0. The van der Waals surface area contributed by atoms with Gasteiger partial charge in [-0.2, -0.15) is 0 Å². The minimum absolute atomic E-state index is 0.0314. The summed E-state index contributed by atoms with van der Waals surface area (Å²) in [5.41, 5.74) is 0.889. The molecule has 0 radical (unpaired) electrons. The lowest BCUT2D eigenvalue weighted by Gasteiger charge is -2.32. The first kappa shape index (κ1) is 22.2. The van der Waals surface area contributed by atoms with Crippen molar-refractivity contribution in [3.63, 3.8) is 0 Å². The van der Waals surface area contributed by atoms with E-state index in [1.807, 2.05) is 33.0 Å². The lowest BCUT2D eigenvalue weighted by molar-refractivity contribution is -0.121. The van der Waals surface area contributed by atoms with Crippen molar-refractivity contribution in [3.8, 4) is 0 Å². The Hall–Kier alpha value is -2.99. The molecule has 168 valence electrons. The number of Topliss-reactive ketones (excluding diaryl/α,β-unsaturated/α-hetero) is 1. The molecule has 1 aliphatic heterocycles. The first-order valence-corrected chi connectivity index (χ1v) is 11.1. The van der Waals surface area contributed by atoms with E-state index in [0.717, 1.165) is 6.42 Å². The van der Waals surface area contributed by atoms with E-state index in [4.69, 9.17) is 9.47 Å². The van der Waals surface area contributed by atoms with E-state index in [1.54, 1.807) is 48.5 Å². The molecule has 6 heteroatoms. The fourth-order valence-corrected chi connectivity index (χ4v) is 5.08. The number of ketones is 1. The number of ether oxygens (including phenoxy) is 2. The van der Waals surface area contributed by atoms with E-state index >= 15 is 0 Å². The van der Waals surface area contributed by atoms with E-state index in [2.05, 4.69) is 4.90 Å². The molecule has 1 saturated heterocycles. The van der Waals surface area contributed by atoms with Crippen LogP contribution in [0.3, 0.4) is 0 Å². The molecule has 0 bridgehead atoms. The number of rotatable bonds is 5. The summed E-state index contributed by atoms with van der Waals surface area (Å²) in [6, 6.07) is 17.2. The van der Waals surface area contributed by atoms with Crippen LogP contribution in [0.15, 0.2) is 60.7 Å². The molecule has 32 heavy (non-hydrogen) atoms. The number of benzene rings is 2. The highest BCUT2D eigenvalue weighted by Gasteiger charge is 2.55. The van der Waals surface area contributed by atoms with Gasteiger partial charge in [0.2, 0.25) is 0 Å². The summed E-state index contributed by atoms with van der Waals surface area (Å²) in [6.45, 7) is 3.91. The van der Waals surface area contributed by atoms with E-state index < -0.39 is 24.1 Å². The summed E-state index contributed by atoms with van der Waals surface area (Å²) in [7, 11) is 1.95. The number of hydrogen-bond donors (Lipinski definition) is 0. The van der Waals surface area contributed by atoms with Crippen molar-refractivity contribution in [2.75, 3.05) is 7.05 Å². The van der Waals surface area contributed by atoms with E-state index in [-0.39, 0.29) is 29.7 Å². The second-order valence-corrected chi connectivity index (χ2v) is 8.83. The van der Waals surface area contributed by atoms with Gasteiger partial charge in [0.1, 0.15) is 5.78 Å². The third-order valence-electron chi connectivity index (χ3n) is 7.07. The Balaban J connectivity index is 1.64. The van der Waals surface area contributed by atoms with Crippen LogP contribution in [-0.4, -0.2) is 54.0 Å². The largest absolute Gasteiger partial charge is 0.453 e. The first-order chi connectivity index (χ1) is 15.4. The third kappa shape index (κ3) is 4.19. The van der Waals surface area contributed by atoms with Gasteiger partial charge in [-0.3, -0.25) is 9.69 Å². The summed E-state index contributed by atoms with van der Waals surface area (Å²) >= 11 is 0. The van der Waals surface area contributed by atoms with Gasteiger partial charge in [-0.15, -0.1) is 0 Å². The third-order valence-corrected chi connectivity index (χ3v) is 7.07. The predicted molar refractivity (Wildman–Crippen MR) is 119 cm³/mol. The van der Waals surface area contributed by atoms with Crippen LogP contribution in [0.5, 0.6) is 0 Å². The van der Waals surface area contributed by atoms with Gasteiger partial charge < -0.3 is 9.47 Å². The molecule has 0 aromatic heterocycles. The van der Waals surface area contributed by atoms with Crippen LogP contribution in [0.4, 0.5) is 0 Å². The molecule has 0 amide bonds. The molecule has 6 nitrogen and oxygen atoms in total. The fourth-order valence-electron chi connectivity index (χ4n) is 5.08. The molecule has 0 spiro atoms. The number of likely N-dealkylation sites (N-methyl/N-ethyl adjacent to an activating group) is 1. The Bertz CT molecular complexity index is 976. The predicted octanol–water partition coefficient (Wildman–Crippen LogP) is 3.76. The van der Waals surface area contributed by atoms with Gasteiger partial charge in [0.05, 0.1) is 17.2 Å². The number of hydrogen-bond acceptors (Lipinski definition) is 6. The highest BCUT2D eigenvalue weighted by Crippen LogP contribution is 2.41. The quantitative estimate of drug-likeness (QED) is 0.666. The number of esters is 2. The van der Waals surface area contributed by atoms with E-state index in [0.29, 0.717) is 17.5 Å². The lowest BCUT2D eigenvalue weighted by Crippen LogP contribution is -2.45. The minimum Gasteiger partial charge on any atom is -0.453 e. The van der Waals surface area contributed by atoms with Crippen molar-refractivity contribution in [1.82, 2.24) is 4.90 Å². The molecule has 1 aliphatic carbocycles. The number of likely N-dealkylation sites (tertiary alicyclic amines) is 1. The summed E-state index contributed by atoms with van der Waals surface area (Å²) in [5.74, 6) is -0.775. The normalized spacial score (nSPS) is 30.3. The second kappa shape index (κ2) is 9.25. The molecule has 2 aromatic rings. The van der Waals surface area contributed by atoms with Gasteiger partial charge in [-0.1, -0.05) is 43.3 Å². The Morgan fingerprint density at radius 2 is 1.34 bits per heavy atom. The van der Waals surface area contributed by atoms with Gasteiger partial charge in [-0.25, -0.2) is 9.59 Å². The maximum atomic E-state index is 13.0. The molecule has 6 unspecified atom stereocenters. The van der Waals surface area contributed by atoms with Crippen LogP contribution in [0.25, 0.3) is 0 Å². The molecule has 1 heterocycles. The standard InChI is InChI=1S/C26H29NO5/c1-16-20(14-15-21(16)28)22-24(32-26(30)19-12-8-5-9-13-19)23(17(2)27(22)3)31-25(29)18-10-6-4-7-11-18/h4-13,16-17,20,22-24H,14-15H2,1-3H3. The minimum atomic E-state index is -0.672. The van der Waals surface area contributed by atoms with Crippen LogP contribution in [-0.2, 0) is 14.3 Å². The van der Waals surface area contributed by atoms with Crippen LogP contribution in [0.2, 0.25) is 0 Å². The van der Waals surface area contributed by atoms with Gasteiger partial charge in [0, 0.05) is 18.4 Å². The lowest BCUT2D eigenvalue weighted by atomic mass is 9.86. The molecule has 1 saturated carbocycles. The number of carbonyl (C=O) groups is 3. The number of nitrogens with zero attached hydrogens (tertiary/aromatic N) is 1. The molecule has 0 N–H and O–H groups in total. The van der Waals surface area contributed by atoms with Crippen molar-refractivity contribution < 1.29 is 23.9 Å². The fraction of sp³-hybridized carbons (Fsp3) is 0.423. The zero-order chi connectivity index (χ0) is 22.8. The van der Waals surface area contributed by atoms with Crippen molar-refractivity contribution in [2.24, 2.45) is 11.8 Å². The van der Waals surface area contributed by atoms with Crippen LogP contribution >= 0.6 is 0 Å². The van der Waals surface area contributed by atoms with Crippen molar-refractivity contribution in [3.05, 3.63) is 71.8 Å². The molecule has 4 rings (SSSR count). The summed E-state index contributed by atoms with van der Waals surface area (Å²) in [4.78, 5) is 40.3. The van der Waals surface area contributed by atoms with Gasteiger partial charge in [0.15, 0.2) is 12.2 Å². The van der Waals surface area contributed by atoms with E-state index in [9.17, 15) is 14.4 Å². The second-order valence-electron chi connectivity index (χ2n) is 8.83. The molecule has 6 atom stereocenters.